The van der Waals surface area contributed by atoms with E-state index in [1.54, 1.807) is 0 Å². The summed E-state index contributed by atoms with van der Waals surface area (Å²) in [6.45, 7) is 10.3. The molecule has 14 heavy (non-hydrogen) atoms. The van der Waals surface area contributed by atoms with Crippen LogP contribution in [0.2, 0.25) is 0 Å². The van der Waals surface area contributed by atoms with Gasteiger partial charge < -0.3 is 5.73 Å². The maximum atomic E-state index is 5.84. The van der Waals surface area contributed by atoms with Gasteiger partial charge in [0.1, 0.15) is 0 Å². The van der Waals surface area contributed by atoms with E-state index in [0.717, 1.165) is 6.54 Å². The van der Waals surface area contributed by atoms with Gasteiger partial charge in [0.2, 0.25) is 0 Å². The van der Waals surface area contributed by atoms with Crippen molar-refractivity contribution >= 4 is 0 Å². The summed E-state index contributed by atoms with van der Waals surface area (Å²) >= 11 is 0. The Labute approximate surface area is 88.8 Å². The first-order valence-corrected chi connectivity index (χ1v) is 6.03. The van der Waals surface area contributed by atoms with E-state index in [0.29, 0.717) is 11.5 Å². The van der Waals surface area contributed by atoms with Crippen molar-refractivity contribution in [2.45, 2.75) is 52.5 Å². The highest BCUT2D eigenvalue weighted by atomic mass is 15.2. The summed E-state index contributed by atoms with van der Waals surface area (Å²) in [7, 11) is 0. The van der Waals surface area contributed by atoms with Gasteiger partial charge in [-0.25, -0.2) is 0 Å². The van der Waals surface area contributed by atoms with Crippen molar-refractivity contribution in [3.8, 4) is 0 Å². The Hall–Kier alpha value is -0.0800. The predicted octanol–water partition coefficient (Wildman–Crippen LogP) is 2.24. The molecule has 2 nitrogen and oxygen atoms in total. The highest BCUT2D eigenvalue weighted by Crippen LogP contribution is 2.30. The standard InChI is InChI=1S/C12H26N2/c1-4-5-6-11(9-13)14-8-7-12(2,3)10-14/h11H,4-10,13H2,1-3H3. The topological polar surface area (TPSA) is 29.3 Å². The van der Waals surface area contributed by atoms with Crippen molar-refractivity contribution < 1.29 is 0 Å². The summed E-state index contributed by atoms with van der Waals surface area (Å²) in [6, 6.07) is 0.636. The third-order valence-corrected chi connectivity index (χ3v) is 3.39. The number of unbranched alkanes of at least 4 members (excludes halogenated alkanes) is 1. The number of rotatable bonds is 5. The molecule has 0 saturated carbocycles. The summed E-state index contributed by atoms with van der Waals surface area (Å²) in [5, 5.41) is 0. The molecule has 84 valence electrons. The Kier molecular flexibility index (Phi) is 4.39. The van der Waals surface area contributed by atoms with Crippen molar-refractivity contribution in [2.24, 2.45) is 11.1 Å². The van der Waals surface area contributed by atoms with Crippen LogP contribution in [0.25, 0.3) is 0 Å². The minimum absolute atomic E-state index is 0.514. The zero-order valence-electron chi connectivity index (χ0n) is 10.1. The third-order valence-electron chi connectivity index (χ3n) is 3.39. The van der Waals surface area contributed by atoms with E-state index in [1.165, 1.54) is 38.8 Å². The number of hydrogen-bond acceptors (Lipinski definition) is 2. The van der Waals surface area contributed by atoms with Crippen LogP contribution in [0.1, 0.15) is 46.5 Å². The van der Waals surface area contributed by atoms with E-state index in [4.69, 9.17) is 5.73 Å². The fraction of sp³-hybridized carbons (Fsp3) is 1.00. The fourth-order valence-corrected chi connectivity index (χ4v) is 2.36. The second-order valence-corrected chi connectivity index (χ2v) is 5.42. The molecule has 0 radical (unpaired) electrons. The molecule has 1 aliphatic heterocycles. The van der Waals surface area contributed by atoms with Gasteiger partial charge in [0.25, 0.3) is 0 Å². The molecule has 2 heteroatoms. The summed E-state index contributed by atoms with van der Waals surface area (Å²) in [5.41, 5.74) is 6.35. The number of nitrogens with two attached hydrogens (primary N) is 1. The second kappa shape index (κ2) is 5.13. The molecule has 2 N–H and O–H groups in total. The normalized spacial score (nSPS) is 24.0. The molecule has 1 atom stereocenters. The molecule has 0 bridgehead atoms. The highest BCUT2D eigenvalue weighted by molar-refractivity contribution is 4.86. The lowest BCUT2D eigenvalue weighted by Crippen LogP contribution is -2.39. The SMILES string of the molecule is CCCCC(CN)N1CCC(C)(C)C1. The van der Waals surface area contributed by atoms with Crippen LogP contribution in [0.3, 0.4) is 0 Å². The van der Waals surface area contributed by atoms with Gasteiger partial charge in [-0.05, 0) is 24.8 Å². The molecule has 0 aliphatic carbocycles. The number of hydrogen-bond donors (Lipinski definition) is 1. The molecule has 1 aliphatic rings. The largest absolute Gasteiger partial charge is 0.329 e. The van der Waals surface area contributed by atoms with Crippen LogP contribution >= 0.6 is 0 Å². The van der Waals surface area contributed by atoms with Crippen LogP contribution in [0.5, 0.6) is 0 Å². The Morgan fingerprint density at radius 2 is 2.14 bits per heavy atom. The third kappa shape index (κ3) is 3.25. The molecule has 1 unspecified atom stereocenters. The Morgan fingerprint density at radius 3 is 2.57 bits per heavy atom. The molecule has 0 aromatic carbocycles. The average molecular weight is 198 g/mol. The van der Waals surface area contributed by atoms with Gasteiger partial charge in [-0.15, -0.1) is 0 Å². The van der Waals surface area contributed by atoms with Crippen molar-refractivity contribution in [2.75, 3.05) is 19.6 Å². The van der Waals surface area contributed by atoms with Crippen LogP contribution in [0, 0.1) is 5.41 Å². The van der Waals surface area contributed by atoms with Crippen LogP contribution in [-0.4, -0.2) is 30.6 Å². The fourth-order valence-electron chi connectivity index (χ4n) is 2.36. The molecule has 0 aromatic heterocycles. The first-order chi connectivity index (χ1) is 6.59. The first kappa shape index (κ1) is 12.0. The zero-order chi connectivity index (χ0) is 10.6. The Morgan fingerprint density at radius 1 is 1.43 bits per heavy atom. The van der Waals surface area contributed by atoms with Gasteiger partial charge in [0.15, 0.2) is 0 Å². The lowest BCUT2D eigenvalue weighted by atomic mass is 9.93. The summed E-state index contributed by atoms with van der Waals surface area (Å²) < 4.78 is 0. The van der Waals surface area contributed by atoms with Gasteiger partial charge in [0, 0.05) is 19.1 Å². The zero-order valence-corrected chi connectivity index (χ0v) is 10.1. The quantitative estimate of drug-likeness (QED) is 0.734. The van der Waals surface area contributed by atoms with Crippen molar-refractivity contribution in [1.82, 2.24) is 4.90 Å². The lowest BCUT2D eigenvalue weighted by molar-refractivity contribution is 0.208. The van der Waals surface area contributed by atoms with Crippen LogP contribution in [0.4, 0.5) is 0 Å². The summed E-state index contributed by atoms with van der Waals surface area (Å²) in [6.07, 6.45) is 5.21. The van der Waals surface area contributed by atoms with Gasteiger partial charge in [-0.3, -0.25) is 4.90 Å². The summed E-state index contributed by atoms with van der Waals surface area (Å²) in [4.78, 5) is 2.59. The van der Waals surface area contributed by atoms with E-state index in [2.05, 4.69) is 25.7 Å². The number of likely N-dealkylation sites (tertiary alicyclic amines) is 1. The maximum absolute atomic E-state index is 5.84. The van der Waals surface area contributed by atoms with E-state index < -0.39 is 0 Å². The Balaban J connectivity index is 2.38. The van der Waals surface area contributed by atoms with E-state index >= 15 is 0 Å². The molecule has 0 aromatic rings. The van der Waals surface area contributed by atoms with Crippen LogP contribution in [0.15, 0.2) is 0 Å². The smallest absolute Gasteiger partial charge is 0.0218 e. The minimum atomic E-state index is 0.514. The van der Waals surface area contributed by atoms with Gasteiger partial charge in [0.05, 0.1) is 0 Å². The van der Waals surface area contributed by atoms with Crippen LogP contribution < -0.4 is 5.73 Å². The van der Waals surface area contributed by atoms with E-state index in [9.17, 15) is 0 Å². The lowest BCUT2D eigenvalue weighted by Gasteiger charge is -2.28. The van der Waals surface area contributed by atoms with Crippen molar-refractivity contribution in [3.63, 3.8) is 0 Å². The van der Waals surface area contributed by atoms with Crippen molar-refractivity contribution in [1.29, 1.82) is 0 Å². The molecule has 1 rings (SSSR count). The van der Waals surface area contributed by atoms with Crippen LogP contribution in [-0.2, 0) is 0 Å². The van der Waals surface area contributed by atoms with Gasteiger partial charge >= 0.3 is 0 Å². The maximum Gasteiger partial charge on any atom is 0.0218 e. The van der Waals surface area contributed by atoms with Crippen molar-refractivity contribution in [3.05, 3.63) is 0 Å². The minimum Gasteiger partial charge on any atom is -0.329 e. The highest BCUT2D eigenvalue weighted by Gasteiger charge is 2.32. The second-order valence-electron chi connectivity index (χ2n) is 5.42. The molecule has 1 saturated heterocycles. The predicted molar refractivity (Wildman–Crippen MR) is 62.3 cm³/mol. The van der Waals surface area contributed by atoms with Gasteiger partial charge in [-0.2, -0.15) is 0 Å². The molecular weight excluding hydrogens is 172 g/mol. The molecule has 0 spiro atoms. The molecule has 0 amide bonds. The molecular formula is C12H26N2. The Bertz CT molecular complexity index is 166. The van der Waals surface area contributed by atoms with E-state index in [1.807, 2.05) is 0 Å². The summed E-state index contributed by atoms with van der Waals surface area (Å²) in [5.74, 6) is 0. The molecule has 1 fully saturated rings. The molecule has 1 heterocycles. The van der Waals surface area contributed by atoms with E-state index in [-0.39, 0.29) is 0 Å². The van der Waals surface area contributed by atoms with Gasteiger partial charge in [-0.1, -0.05) is 33.6 Å². The average Bonchev–Trinajstić information content (AvgIpc) is 2.48. The number of nitrogens with zero attached hydrogens (tertiary/aromatic N) is 1. The first-order valence-electron chi connectivity index (χ1n) is 6.03. The monoisotopic (exact) mass is 198 g/mol.